The van der Waals surface area contributed by atoms with Crippen molar-refractivity contribution >= 4 is 192 Å². The summed E-state index contributed by atoms with van der Waals surface area (Å²) in [6.07, 6.45) is -56.7. The van der Waals surface area contributed by atoms with Crippen molar-refractivity contribution in [3.8, 4) is 0 Å². The SMILES string of the molecule is O=C(CCCCCC(=O)Nc1ccc(S[C@@H]2O[C@H](COS(=O)(=O)O)[C@@H](O[C@@H]3O[C@H](COS(=O)(=O)O)[C@@H](OS(=O)(=O)O)[C@H](OS(=O)(=O)O)[C@H]3OS(=O)(=O)O)[C@H](OS(=O)(=O)O)[C@H]2OS(=O)(=O)O)cc1)Nc1ccc(S[C@@H]2O[C@H](COS(=O)(=O)O)[C@@H](O[C@@H]3O[C@H](COS(=O)(=O)O)[C@@H](OS(=O)(=O)O)[C@H](OS(=O)(=O)O)[C@H]3OS(=O)(=O)O)[C@H](OS(=O)(=O)O)[C@H]2OS(=O)(=O)O)cc1. The molecule has 20 atom stereocenters. The highest BCUT2D eigenvalue weighted by Gasteiger charge is 2.62. The molecule has 2 amide bonds. The Morgan fingerprint density at radius 3 is 0.704 bits per heavy atom. The molecule has 4 fully saturated rings. The monoisotopic (exact) mass is 2140 g/mol. The lowest BCUT2D eigenvalue weighted by Crippen LogP contribution is -2.66. The van der Waals surface area contributed by atoms with Gasteiger partial charge in [0.15, 0.2) is 24.8 Å². The molecule has 6 rings (SSSR count). The lowest BCUT2D eigenvalue weighted by atomic mass is 9.97. The largest absolute Gasteiger partial charge is 0.397 e. The van der Waals surface area contributed by atoms with E-state index in [1.807, 2.05) is 0 Å². The molecule has 0 aromatic heterocycles. The van der Waals surface area contributed by atoms with E-state index >= 15 is 0 Å². The van der Waals surface area contributed by atoms with Crippen LogP contribution in [0.1, 0.15) is 32.1 Å². The molecule has 66 nitrogen and oxygen atoms in total. The van der Waals surface area contributed by atoms with Gasteiger partial charge < -0.3 is 39.1 Å². The third-order valence-electron chi connectivity index (χ3n) is 14.9. The Kier molecular flexibility index (Phi) is 37.7. The van der Waals surface area contributed by atoms with E-state index < -0.39 is 305 Å². The van der Waals surface area contributed by atoms with Crippen LogP contribution in [0.15, 0.2) is 58.3 Å². The Balaban J connectivity index is 1.18. The van der Waals surface area contributed by atoms with Crippen molar-refractivity contribution in [3.63, 3.8) is 0 Å². The van der Waals surface area contributed by atoms with Gasteiger partial charge in [-0.25, -0.2) is 58.6 Å². The van der Waals surface area contributed by atoms with Gasteiger partial charge in [0.05, 0.1) is 26.4 Å². The number of carbonyl (C=O) groups is 2. The fourth-order valence-corrected chi connectivity index (χ4v) is 19.4. The molecule has 0 radical (unpaired) electrons. The van der Waals surface area contributed by atoms with Crippen molar-refractivity contribution in [1.29, 1.82) is 0 Å². The van der Waals surface area contributed by atoms with Crippen molar-refractivity contribution in [2.24, 2.45) is 0 Å². The maximum atomic E-state index is 13.1. The molecular weight excluding hydrogens is 2080 g/mol. The van der Waals surface area contributed by atoms with Crippen LogP contribution in [0.2, 0.25) is 0 Å². The molecular formula is C43H62N2O64S16. The van der Waals surface area contributed by atoms with Gasteiger partial charge in [0.2, 0.25) is 11.8 Å². The van der Waals surface area contributed by atoms with Crippen LogP contribution in [0.25, 0.3) is 0 Å². The smallest absolute Gasteiger partial charge is 0.356 e. The first kappa shape index (κ1) is 110. The van der Waals surface area contributed by atoms with Crippen LogP contribution in [0.5, 0.6) is 0 Å². The van der Waals surface area contributed by atoms with Crippen molar-refractivity contribution in [3.05, 3.63) is 48.5 Å². The molecule has 0 bridgehead atoms. The first-order valence-corrected chi connectivity index (χ1v) is 52.4. The molecule has 0 aliphatic carbocycles. The quantitative estimate of drug-likeness (QED) is 0.0216. The number of thioether (sulfide) groups is 2. The fraction of sp³-hybridized carbons (Fsp3) is 0.674. The van der Waals surface area contributed by atoms with Crippen LogP contribution in [-0.2, 0) is 242 Å². The van der Waals surface area contributed by atoms with Crippen LogP contribution in [0.4, 0.5) is 11.4 Å². The summed E-state index contributed by atoms with van der Waals surface area (Å²) in [4.78, 5) is 25.7. The van der Waals surface area contributed by atoms with Crippen molar-refractivity contribution in [2.75, 3.05) is 37.1 Å². The molecule has 82 heteroatoms. The van der Waals surface area contributed by atoms with Crippen LogP contribution >= 0.6 is 23.5 Å². The van der Waals surface area contributed by atoms with Gasteiger partial charge in [0.25, 0.3) is 0 Å². The third-order valence-corrected chi connectivity index (χ3v) is 23.6. The fourth-order valence-electron chi connectivity index (χ4n) is 10.9. The number of hydrogen-bond acceptors (Lipinski definition) is 52. The van der Waals surface area contributed by atoms with E-state index in [1.165, 1.54) is 0 Å². The number of carbonyl (C=O) groups excluding carboxylic acids is 2. The second-order valence-corrected chi connectivity index (χ2v) is 41.2. The molecule has 2 aromatic rings. The summed E-state index contributed by atoms with van der Waals surface area (Å²) in [6.45, 7) is -7.55. The molecule has 0 spiro atoms. The highest BCUT2D eigenvalue weighted by molar-refractivity contribution is 8.00. The molecule has 4 aliphatic heterocycles. The van der Waals surface area contributed by atoms with E-state index in [9.17, 15) is 191 Å². The van der Waals surface area contributed by atoms with Gasteiger partial charge in [-0.05, 0) is 61.4 Å². The predicted octanol–water partition coefficient (Wildman–Crippen LogP) is -6.77. The van der Waals surface area contributed by atoms with Gasteiger partial charge >= 0.3 is 146 Å². The van der Waals surface area contributed by atoms with Crippen molar-refractivity contribution in [2.45, 2.75) is 163 Å². The molecule has 2 aromatic carbocycles. The lowest BCUT2D eigenvalue weighted by Gasteiger charge is -2.48. The highest BCUT2D eigenvalue weighted by Crippen LogP contribution is 2.44. The van der Waals surface area contributed by atoms with E-state index in [2.05, 4.69) is 69.2 Å². The molecule has 0 saturated carbocycles. The zero-order valence-corrected chi connectivity index (χ0v) is 72.8. The summed E-state index contributed by atoms with van der Waals surface area (Å²) < 4.78 is 568. The summed E-state index contributed by atoms with van der Waals surface area (Å²) in [5.74, 6) is -1.49. The van der Waals surface area contributed by atoms with Crippen LogP contribution in [-0.4, -0.2) is 341 Å². The summed E-state index contributed by atoms with van der Waals surface area (Å²) in [5.41, 5.74) is -4.96. The number of ether oxygens (including phenoxy) is 6. The van der Waals surface area contributed by atoms with Crippen LogP contribution < -0.4 is 10.6 Å². The van der Waals surface area contributed by atoms with Crippen molar-refractivity contribution in [1.82, 2.24) is 0 Å². The number of nitrogens with one attached hydrogen (secondary N) is 2. The minimum Gasteiger partial charge on any atom is -0.356 e. The molecule has 4 heterocycles. The number of hydrogen-bond donors (Lipinski definition) is 16. The maximum absolute atomic E-state index is 13.1. The van der Waals surface area contributed by atoms with E-state index in [1.54, 1.807) is 0 Å². The van der Waals surface area contributed by atoms with Crippen LogP contribution in [0, 0.1) is 0 Å². The molecule has 125 heavy (non-hydrogen) atoms. The lowest BCUT2D eigenvalue weighted by molar-refractivity contribution is -0.325. The second kappa shape index (κ2) is 42.9. The van der Waals surface area contributed by atoms with E-state index in [0.717, 1.165) is 48.5 Å². The molecule has 724 valence electrons. The predicted molar refractivity (Wildman–Crippen MR) is 384 cm³/mol. The van der Waals surface area contributed by atoms with Crippen LogP contribution in [0.3, 0.4) is 0 Å². The zero-order chi connectivity index (χ0) is 95.0. The zero-order valence-electron chi connectivity index (χ0n) is 59.7. The van der Waals surface area contributed by atoms with Gasteiger partial charge in [0, 0.05) is 34.0 Å². The first-order valence-electron chi connectivity index (χ1n) is 31.5. The number of amides is 2. The number of benzene rings is 2. The summed E-state index contributed by atoms with van der Waals surface area (Å²) in [6, 6.07) is 8.49. The van der Waals surface area contributed by atoms with Gasteiger partial charge in [0.1, 0.15) is 96.3 Å². The van der Waals surface area contributed by atoms with E-state index in [-0.39, 0.29) is 76.8 Å². The van der Waals surface area contributed by atoms with Gasteiger partial charge in [-0.15, -0.1) is 0 Å². The minimum absolute atomic E-state index is 0.0192. The number of rotatable bonds is 48. The Hall–Kier alpha value is -3.98. The minimum atomic E-state index is -6.28. The summed E-state index contributed by atoms with van der Waals surface area (Å²) in [7, 11) is -85.1. The summed E-state index contributed by atoms with van der Waals surface area (Å²) >= 11 is 0.286. The number of anilines is 2. The van der Waals surface area contributed by atoms with E-state index in [0.29, 0.717) is 0 Å². The molecule has 4 aliphatic rings. The Morgan fingerprint density at radius 2 is 0.472 bits per heavy atom. The van der Waals surface area contributed by atoms with Gasteiger partial charge in [-0.3, -0.25) is 73.3 Å². The van der Waals surface area contributed by atoms with E-state index in [4.69, 9.17) is 28.4 Å². The third kappa shape index (κ3) is 41.0. The average molecular weight is 2140 g/mol. The Bertz CT molecular complexity index is 5480. The summed E-state index contributed by atoms with van der Waals surface area (Å²) in [5, 5.41) is 4.88. The van der Waals surface area contributed by atoms with Gasteiger partial charge in [-0.1, -0.05) is 29.9 Å². The second-order valence-electron chi connectivity index (χ2n) is 24.0. The van der Waals surface area contributed by atoms with Gasteiger partial charge in [-0.2, -0.15) is 118 Å². The first-order chi connectivity index (χ1) is 56.4. The highest BCUT2D eigenvalue weighted by atomic mass is 32.3. The average Bonchev–Trinajstić information content (AvgIpc) is 0.758. The topological polar surface area (TPSA) is 1000 Å². The normalized spacial score (nSPS) is 28.3. The Labute approximate surface area is 713 Å². The molecule has 0 unspecified atom stereocenters. The Morgan fingerprint density at radius 1 is 0.264 bits per heavy atom. The standard InChI is InChI=1S/C43H62N2O64S16/c46-26(44-18-6-10-20(11-7-18)110-42-38(108-124(84,85)86)32(102-118(66,67)68)28(22(96-42)14-90-112(48,49)50)98-40-36(106-122(78,79)80)34(104-120(72,73)74)30(100-116(60,61)62)24(94-40)16-92-114(54,55)56)4-2-1-3-5-27(47)45-19-8-12-21(13-9-19)111-43-39(109-125(87,88)89)33(103-119(69,70)71)29(23(97-43)15-91-113(51,52)53)99-41-37(107-123(81,82)83)35(105-121(75,76)77)31(101-117(63,64)65)25(95-41)17-93-115(57,58)59/h6-13,22-25,28-43H,1-5,14-17H2,(H,44,46)(H,45,47)(H,48,49,50)(H,51,52,53)(H,54,55,56)(H,57,58,59)(H,60,61,62)(H,63,64,65)(H,66,67,68)(H,69,70,71)(H,72,73,74)(H,75,76,77)(H,78,79,80)(H,81,82,83)(H,84,85,86)(H,87,88,89)/t22-,23-,24-,25-,28-,29-,30-,31-,32+,33+,34+,35+,36-,37-,38-,39-,40+,41+,42+,43+/m1/s1. The number of unbranched alkanes of at least 4 members (excludes halogenated alkanes) is 2. The van der Waals surface area contributed by atoms with Crippen molar-refractivity contribution < 1.29 is 278 Å². The molecule has 16 N–H and O–H groups in total. The maximum Gasteiger partial charge on any atom is 0.397 e. The molecule has 4 saturated heterocycles.